The first-order valence-electron chi connectivity index (χ1n) is 47.4. The van der Waals surface area contributed by atoms with Crippen LogP contribution in [0.3, 0.4) is 0 Å². The van der Waals surface area contributed by atoms with E-state index in [0.29, 0.717) is 133 Å². The van der Waals surface area contributed by atoms with Crippen molar-refractivity contribution in [2.24, 2.45) is 0 Å². The number of hydrogen-bond acceptors (Lipinski definition) is 14. The summed E-state index contributed by atoms with van der Waals surface area (Å²) in [6.07, 6.45) is 1.92. The van der Waals surface area contributed by atoms with Crippen LogP contribution in [0.4, 0.5) is 36.7 Å². The minimum atomic E-state index is -0.507. The largest absolute Gasteiger partial charge is 0.450 e. The van der Waals surface area contributed by atoms with Crippen molar-refractivity contribution in [2.45, 2.75) is 127 Å². The maximum absolute atomic E-state index is 13.5. The molecule has 4 amide bonds. The second-order valence-corrected chi connectivity index (χ2v) is 34.7. The molecular weight excluding hydrogens is 1870 g/mol. The van der Waals surface area contributed by atoms with Gasteiger partial charge in [-0.05, 0) is 249 Å². The van der Waals surface area contributed by atoms with Crippen LogP contribution in [0, 0.1) is 73.8 Å². The Balaban J connectivity index is 0.000000137. The third kappa shape index (κ3) is 22.1. The van der Waals surface area contributed by atoms with Gasteiger partial charge in [-0.3, -0.25) is 20.2 Å². The van der Waals surface area contributed by atoms with Crippen molar-refractivity contribution in [3.63, 3.8) is 0 Å². The molecule has 24 nitrogen and oxygen atoms in total. The average molecular weight is 1970 g/mol. The number of nitrogens with zero attached hydrogens (tertiary/aromatic N) is 12. The predicted molar refractivity (Wildman–Crippen MR) is 575 cm³/mol. The van der Waals surface area contributed by atoms with Gasteiger partial charge in [0.05, 0.1) is 86.3 Å². The number of amides is 4. The van der Waals surface area contributed by atoms with Crippen molar-refractivity contribution < 1.29 is 33.0 Å². The van der Waals surface area contributed by atoms with Crippen LogP contribution in [0.5, 0.6) is 0 Å². The Morgan fingerprint density at radius 2 is 0.674 bits per heavy atom. The predicted octanol–water partition coefficient (Wildman–Crippen LogP) is 27.6. The normalized spacial score (nSPS) is 11.1. The monoisotopic (exact) mass is 1970 g/mol. The van der Waals surface area contributed by atoms with Gasteiger partial charge in [0.25, 0.3) is 11.8 Å². The minimum Gasteiger partial charge on any atom is -0.450 e. The van der Waals surface area contributed by atoms with Crippen molar-refractivity contribution in [1.29, 1.82) is 31.6 Å². The number of aryl methyl sites for hydroxylation is 6. The molecule has 0 spiro atoms. The molecule has 1 saturated carbocycles. The van der Waals surface area contributed by atoms with E-state index in [1.54, 1.807) is 49.4 Å². The summed E-state index contributed by atoms with van der Waals surface area (Å²) in [5.74, 6) is -0.442. The third-order valence-electron chi connectivity index (χ3n) is 24.5. The van der Waals surface area contributed by atoms with Crippen LogP contribution >= 0.6 is 34.8 Å². The lowest BCUT2D eigenvalue weighted by Gasteiger charge is -2.11. The summed E-state index contributed by atoms with van der Waals surface area (Å²) in [5.41, 5.74) is 35.6. The van der Waals surface area contributed by atoms with Gasteiger partial charge in [0.15, 0.2) is 0 Å². The van der Waals surface area contributed by atoms with E-state index < -0.39 is 12.2 Å². The number of para-hydroxylation sites is 2. The SMILES string of the molecule is CCCOC(=O)Nc1cccc(-c2c(C#N)c3cc(Cl)ccc3n2CC)c1.CCNC(=O)c1ccc(-c2c(C#N)c3ccccc3n2CC)cc1.CCOC(=O)Nc1cccc(-c2c(C#N)c3cc(Cl)ccc3n2CC)c1.CCn1c(-c2ccc(C(=O)NC3CC3)cc2)c(C#N)c2ccccc21.CCn1c(-c2ccc(N)cc2)c(C#N)c2cc(F)ccc21.CCn1c(-c2cccc(N)c2)c(C#N)c2cc(Cl)ccc21. The van der Waals surface area contributed by atoms with E-state index in [9.17, 15) is 55.1 Å². The lowest BCUT2D eigenvalue weighted by Crippen LogP contribution is -2.25. The molecule has 18 aromatic rings. The fourth-order valence-electron chi connectivity index (χ4n) is 18.1. The molecular formula is C116H104Cl3FN18O6. The Hall–Kier alpha value is -17.3. The molecule has 1 aliphatic carbocycles. The van der Waals surface area contributed by atoms with Gasteiger partial charge in [-0.25, -0.2) is 14.0 Å². The zero-order chi connectivity index (χ0) is 103. The van der Waals surface area contributed by atoms with Gasteiger partial charge in [0, 0.05) is 177 Å². The maximum Gasteiger partial charge on any atom is 0.411 e. The molecule has 19 rings (SSSR count). The Kier molecular flexibility index (Phi) is 33.6. The number of nitrogens with two attached hydrogens (primary N) is 2. The quantitative estimate of drug-likeness (QED) is 0.0364. The molecule has 722 valence electrons. The molecule has 6 aromatic heterocycles. The van der Waals surface area contributed by atoms with E-state index in [2.05, 4.69) is 101 Å². The molecule has 1 fully saturated rings. The Morgan fingerprint density at radius 1 is 0.347 bits per heavy atom. The highest BCUT2D eigenvalue weighted by Gasteiger charge is 2.28. The molecule has 1 aliphatic rings. The van der Waals surface area contributed by atoms with Gasteiger partial charge in [-0.1, -0.05) is 151 Å². The second-order valence-electron chi connectivity index (χ2n) is 33.4. The first kappa shape index (κ1) is 103. The van der Waals surface area contributed by atoms with Crippen molar-refractivity contribution in [2.75, 3.05) is 41.9 Å². The van der Waals surface area contributed by atoms with Crippen LogP contribution in [0.25, 0.3) is 133 Å². The summed E-state index contributed by atoms with van der Waals surface area (Å²) in [5, 5.41) is 76.2. The lowest BCUT2D eigenvalue weighted by molar-refractivity contribution is 0.0944. The highest BCUT2D eigenvalue weighted by atomic mass is 35.5. The number of rotatable bonds is 21. The fraction of sp³-hybridized carbons (Fsp3) is 0.190. The standard InChI is InChI=1S/C21H20ClN3O2.C21H19N3O.C20H18ClN3O2.C20H19N3O.C17H14ClN3.C17H14FN3/c1-3-10-27-21(26)24-16-7-5-6-14(11-16)20-18(13-23)17-12-15(22)8-9-19(17)25(20)4-2;1-2-24-19-6-4-3-5-17(19)18(13-22)20(24)14-7-9-15(10-8-14)21(25)23-16-11-12-16;1-3-24-18-9-8-14(21)11-16(18)17(12-22)19(24)13-6-5-7-15(10-13)23-20(25)26-4-2;1-3-22-20(24)15-11-9-14(10-12-15)19-17(13-21)16-7-5-6-8-18(16)23(19)4-2;1-2-21-16-7-6-12(18)9-14(16)15(10-19)17(21)11-4-3-5-13(20)8-11;1-2-21-16-8-5-12(18)9-14(16)15(10-19)17(21)11-3-6-13(20)7-4-11/h5-9,11-12H,3-4,10H2,1-2H3,(H,24,26);3-10,16H,2,11-12H2,1H3,(H,23,25);5-11H,3-4H2,1-2H3,(H,23,25);5-12H,3-4H2,1-2H3,(H,22,24);2*3-9H,2,20H2,1H3. The van der Waals surface area contributed by atoms with Gasteiger partial charge >= 0.3 is 12.2 Å². The molecule has 0 radical (unpaired) electrons. The zero-order valence-corrected chi connectivity index (χ0v) is 83.2. The van der Waals surface area contributed by atoms with Gasteiger partial charge in [-0.2, -0.15) is 31.6 Å². The van der Waals surface area contributed by atoms with Crippen LogP contribution in [-0.4, -0.2) is 77.2 Å². The number of anilines is 4. The first-order chi connectivity index (χ1) is 69.9. The van der Waals surface area contributed by atoms with Crippen molar-refractivity contribution in [3.8, 4) is 104 Å². The van der Waals surface area contributed by atoms with Crippen LogP contribution in [0.15, 0.2) is 267 Å². The molecule has 144 heavy (non-hydrogen) atoms. The average Bonchev–Trinajstić information content (AvgIpc) is 1.36. The Labute approximate surface area is 849 Å². The van der Waals surface area contributed by atoms with Gasteiger partial charge in [0.2, 0.25) is 0 Å². The summed E-state index contributed by atoms with van der Waals surface area (Å²) in [4.78, 5) is 47.6. The van der Waals surface area contributed by atoms with Crippen LogP contribution < -0.4 is 32.7 Å². The van der Waals surface area contributed by atoms with Crippen LogP contribution in [0.1, 0.15) is 136 Å². The first-order valence-corrected chi connectivity index (χ1v) is 48.5. The Bertz CT molecular complexity index is 8160. The summed E-state index contributed by atoms with van der Waals surface area (Å²) in [6, 6.07) is 96.2. The highest BCUT2D eigenvalue weighted by molar-refractivity contribution is 6.32. The summed E-state index contributed by atoms with van der Waals surface area (Å²) in [6.45, 7) is 23.5. The number of carbonyl (C=O) groups is 4. The van der Waals surface area contributed by atoms with E-state index in [1.807, 2.05) is 252 Å². The molecule has 28 heteroatoms. The number of nitriles is 6. The number of carbonyl (C=O) groups excluding carboxylic acids is 4. The zero-order valence-electron chi connectivity index (χ0n) is 80.9. The molecule has 0 aliphatic heterocycles. The maximum atomic E-state index is 13.5. The van der Waals surface area contributed by atoms with Crippen LogP contribution in [-0.2, 0) is 48.7 Å². The molecule has 6 heterocycles. The smallest absolute Gasteiger partial charge is 0.411 e. The van der Waals surface area contributed by atoms with E-state index in [4.69, 9.17) is 55.7 Å². The van der Waals surface area contributed by atoms with E-state index in [1.165, 1.54) is 12.1 Å². The summed E-state index contributed by atoms with van der Waals surface area (Å²) < 4.78 is 36.1. The number of benzene rings is 12. The second kappa shape index (κ2) is 47.1. The third-order valence-corrected chi connectivity index (χ3v) is 25.2. The number of fused-ring (bicyclic) bond motifs is 6. The van der Waals surface area contributed by atoms with E-state index >= 15 is 0 Å². The number of halogens is 4. The fourth-order valence-corrected chi connectivity index (χ4v) is 18.6. The molecule has 0 saturated heterocycles. The number of hydrogen-bond donors (Lipinski definition) is 6. The minimum absolute atomic E-state index is 0.0226. The van der Waals surface area contributed by atoms with Gasteiger partial charge < -0.3 is 59.0 Å². The molecule has 0 unspecified atom stereocenters. The van der Waals surface area contributed by atoms with Crippen LogP contribution in [0.2, 0.25) is 15.1 Å². The Morgan fingerprint density at radius 3 is 1.03 bits per heavy atom. The van der Waals surface area contributed by atoms with Crippen molar-refractivity contribution >= 4 is 147 Å². The molecule has 0 atom stereocenters. The van der Waals surface area contributed by atoms with Crippen molar-refractivity contribution in [3.05, 3.63) is 332 Å². The van der Waals surface area contributed by atoms with E-state index in [0.717, 1.165) is 166 Å². The molecule has 12 aromatic carbocycles. The number of aromatic nitrogens is 6. The summed E-state index contributed by atoms with van der Waals surface area (Å²) in [7, 11) is 0. The molecule has 8 N–H and O–H groups in total. The number of ether oxygens (including phenoxy) is 2. The van der Waals surface area contributed by atoms with E-state index in [-0.39, 0.29) is 17.6 Å². The number of nitrogens with one attached hydrogen (secondary N) is 4. The summed E-state index contributed by atoms with van der Waals surface area (Å²) >= 11 is 18.4. The van der Waals surface area contributed by atoms with Gasteiger partial charge in [-0.15, -0.1) is 0 Å². The highest BCUT2D eigenvalue weighted by Crippen LogP contribution is 2.43. The molecule has 0 bridgehead atoms. The lowest BCUT2D eigenvalue weighted by atomic mass is 10.0. The van der Waals surface area contributed by atoms with Gasteiger partial charge in [0.1, 0.15) is 42.2 Å². The number of nitrogen functional groups attached to an aromatic ring is 2. The van der Waals surface area contributed by atoms with Crippen molar-refractivity contribution in [1.82, 2.24) is 38.0 Å². The topological polar surface area (TPSA) is 359 Å².